The molecule has 1 atom stereocenters. The Labute approximate surface area is 262 Å². The molecule has 1 heterocycles. The number of carbonyl (C=O) groups excluding carboxylic acids is 2. The summed E-state index contributed by atoms with van der Waals surface area (Å²) < 4.78 is 40.4. The number of fused-ring (bicyclic) bond motifs is 1. The van der Waals surface area contributed by atoms with Gasteiger partial charge in [-0.25, -0.2) is 8.42 Å². The molecule has 9 nitrogen and oxygen atoms in total. The highest BCUT2D eigenvalue weighted by Crippen LogP contribution is 2.36. The predicted molar refractivity (Wildman–Crippen MR) is 167 cm³/mol. The lowest BCUT2D eigenvalue weighted by atomic mass is 10.1. The Morgan fingerprint density at radius 2 is 1.58 bits per heavy atom. The van der Waals surface area contributed by atoms with Gasteiger partial charge in [0.1, 0.15) is 25.8 Å². The van der Waals surface area contributed by atoms with Crippen LogP contribution in [0.2, 0.25) is 10.0 Å². The van der Waals surface area contributed by atoms with E-state index in [-0.39, 0.29) is 35.4 Å². The van der Waals surface area contributed by atoms with E-state index >= 15 is 0 Å². The molecular formula is C31H35Cl2N3O6S. The summed E-state index contributed by atoms with van der Waals surface area (Å²) in [5.41, 5.74) is 0.653. The van der Waals surface area contributed by atoms with Crippen LogP contribution in [-0.2, 0) is 26.2 Å². The molecule has 0 fully saturated rings. The largest absolute Gasteiger partial charge is 0.486 e. The van der Waals surface area contributed by atoms with Gasteiger partial charge in [0.05, 0.1) is 10.6 Å². The van der Waals surface area contributed by atoms with Gasteiger partial charge in [-0.3, -0.25) is 13.9 Å². The molecule has 4 rings (SSSR count). The molecule has 0 unspecified atom stereocenters. The molecule has 0 aromatic heterocycles. The molecule has 0 aliphatic carbocycles. The summed E-state index contributed by atoms with van der Waals surface area (Å²) in [6, 6.07) is 16.6. The van der Waals surface area contributed by atoms with E-state index in [1.807, 2.05) is 13.8 Å². The summed E-state index contributed by atoms with van der Waals surface area (Å²) in [6.07, 6.45) is 0.271. The molecule has 0 bridgehead atoms. The average Bonchev–Trinajstić information content (AvgIpc) is 3.00. The van der Waals surface area contributed by atoms with Gasteiger partial charge >= 0.3 is 0 Å². The van der Waals surface area contributed by atoms with Gasteiger partial charge in [-0.15, -0.1) is 0 Å². The Balaban J connectivity index is 1.77. The number of hydrogen-bond acceptors (Lipinski definition) is 6. The number of anilines is 1. The molecule has 0 spiro atoms. The smallest absolute Gasteiger partial charge is 0.264 e. The zero-order chi connectivity index (χ0) is 31.1. The monoisotopic (exact) mass is 647 g/mol. The fourth-order valence-electron chi connectivity index (χ4n) is 4.63. The standard InChI is InChI=1S/C31H35Cl2N3O6S/c1-4-27(31(38)34-18-21(2)3)35(19-24-25(32)11-8-12-26(24)33)30(37)20-36(43(39,40)23-9-6-5-7-10-23)22-13-14-28-29(17-22)42-16-15-41-28/h5-14,17,21,27H,4,15-16,18-20H2,1-3H3,(H,34,38)/t27-/m1/s1. The van der Waals surface area contributed by atoms with Gasteiger partial charge in [0.2, 0.25) is 11.8 Å². The third-order valence-corrected chi connectivity index (χ3v) is 9.38. The summed E-state index contributed by atoms with van der Waals surface area (Å²) in [4.78, 5) is 29.0. The number of sulfonamides is 1. The van der Waals surface area contributed by atoms with E-state index in [1.165, 1.54) is 23.1 Å². The average molecular weight is 649 g/mol. The number of carbonyl (C=O) groups is 2. The van der Waals surface area contributed by atoms with Gasteiger partial charge in [-0.05, 0) is 48.7 Å². The Morgan fingerprint density at radius 1 is 0.930 bits per heavy atom. The van der Waals surface area contributed by atoms with Crippen molar-refractivity contribution in [2.24, 2.45) is 5.92 Å². The van der Waals surface area contributed by atoms with Gasteiger partial charge in [0.15, 0.2) is 11.5 Å². The van der Waals surface area contributed by atoms with Gasteiger partial charge in [-0.2, -0.15) is 0 Å². The Hall–Kier alpha value is -3.47. The van der Waals surface area contributed by atoms with E-state index in [0.29, 0.717) is 46.9 Å². The molecule has 12 heteroatoms. The second-order valence-electron chi connectivity index (χ2n) is 10.4. The van der Waals surface area contributed by atoms with Gasteiger partial charge in [-0.1, -0.05) is 68.2 Å². The molecule has 1 aliphatic heterocycles. The Morgan fingerprint density at radius 3 is 2.21 bits per heavy atom. The lowest BCUT2D eigenvalue weighted by Gasteiger charge is -2.34. The molecular weight excluding hydrogens is 613 g/mol. The first-order chi connectivity index (χ1) is 20.5. The number of nitrogens with one attached hydrogen (secondary N) is 1. The molecule has 0 saturated heterocycles. The molecule has 3 aromatic carbocycles. The minimum absolute atomic E-state index is 0.0000975. The van der Waals surface area contributed by atoms with Crippen molar-refractivity contribution in [3.63, 3.8) is 0 Å². The predicted octanol–water partition coefficient (Wildman–Crippen LogP) is 5.54. The third kappa shape index (κ3) is 7.74. The quantitative estimate of drug-likeness (QED) is 0.277. The summed E-state index contributed by atoms with van der Waals surface area (Å²) >= 11 is 13.0. The van der Waals surface area contributed by atoms with Gasteiger partial charge in [0, 0.05) is 34.8 Å². The van der Waals surface area contributed by atoms with Crippen LogP contribution in [0.3, 0.4) is 0 Å². The Bertz CT molecular complexity index is 1530. The molecule has 230 valence electrons. The first kappa shape index (κ1) is 32.4. The molecule has 3 aromatic rings. The lowest BCUT2D eigenvalue weighted by Crippen LogP contribution is -2.52. The van der Waals surface area contributed by atoms with E-state index in [2.05, 4.69) is 5.32 Å². The fraction of sp³-hybridized carbons (Fsp3) is 0.355. The van der Waals surface area contributed by atoms with E-state index in [1.54, 1.807) is 55.5 Å². The maximum Gasteiger partial charge on any atom is 0.264 e. The van der Waals surface area contributed by atoms with Crippen molar-refractivity contribution in [2.45, 2.75) is 44.7 Å². The van der Waals surface area contributed by atoms with Crippen LogP contribution in [0, 0.1) is 5.92 Å². The fourth-order valence-corrected chi connectivity index (χ4v) is 6.58. The van der Waals surface area contributed by atoms with E-state index in [4.69, 9.17) is 32.7 Å². The normalized spacial score (nSPS) is 13.3. The molecule has 1 N–H and O–H groups in total. The summed E-state index contributed by atoms with van der Waals surface area (Å²) in [5, 5.41) is 3.54. The maximum absolute atomic E-state index is 14.3. The number of rotatable bonds is 12. The molecule has 1 aliphatic rings. The van der Waals surface area contributed by atoms with Gasteiger partial charge in [0.25, 0.3) is 10.0 Å². The maximum atomic E-state index is 14.3. The minimum Gasteiger partial charge on any atom is -0.486 e. The molecule has 0 radical (unpaired) electrons. The number of halogens is 2. The second-order valence-corrected chi connectivity index (χ2v) is 13.1. The van der Waals surface area contributed by atoms with Crippen LogP contribution in [0.5, 0.6) is 11.5 Å². The van der Waals surface area contributed by atoms with Crippen molar-refractivity contribution >= 4 is 50.7 Å². The Kier molecular flexibility index (Phi) is 10.8. The van der Waals surface area contributed by atoms with Gasteiger partial charge < -0.3 is 19.7 Å². The van der Waals surface area contributed by atoms with Crippen LogP contribution >= 0.6 is 23.2 Å². The summed E-state index contributed by atoms with van der Waals surface area (Å²) in [6.45, 7) is 6.09. The minimum atomic E-state index is -4.24. The number of hydrogen-bond donors (Lipinski definition) is 1. The highest BCUT2D eigenvalue weighted by atomic mass is 35.5. The summed E-state index contributed by atoms with van der Waals surface area (Å²) in [7, 11) is -4.24. The SMILES string of the molecule is CC[C@H](C(=O)NCC(C)C)N(Cc1c(Cl)cccc1Cl)C(=O)CN(c1ccc2c(c1)OCCO2)S(=O)(=O)c1ccccc1. The van der Waals surface area contributed by atoms with E-state index < -0.39 is 28.5 Å². The van der Waals surface area contributed by atoms with Crippen molar-refractivity contribution < 1.29 is 27.5 Å². The topological polar surface area (TPSA) is 105 Å². The van der Waals surface area contributed by atoms with Crippen LogP contribution < -0.4 is 19.1 Å². The number of nitrogens with zero attached hydrogens (tertiary/aromatic N) is 2. The van der Waals surface area contributed by atoms with Crippen molar-refractivity contribution in [3.05, 3.63) is 82.3 Å². The van der Waals surface area contributed by atoms with Crippen LogP contribution in [0.4, 0.5) is 5.69 Å². The lowest BCUT2D eigenvalue weighted by molar-refractivity contribution is -0.140. The number of benzene rings is 3. The van der Waals surface area contributed by atoms with Crippen LogP contribution in [0.1, 0.15) is 32.8 Å². The number of amides is 2. The van der Waals surface area contributed by atoms with Crippen molar-refractivity contribution in [2.75, 3.05) is 30.6 Å². The second kappa shape index (κ2) is 14.3. The van der Waals surface area contributed by atoms with Crippen LogP contribution in [-0.4, -0.2) is 57.5 Å². The molecule has 2 amide bonds. The van der Waals surface area contributed by atoms with Crippen LogP contribution in [0.15, 0.2) is 71.6 Å². The zero-order valence-electron chi connectivity index (χ0n) is 24.3. The zero-order valence-corrected chi connectivity index (χ0v) is 26.6. The van der Waals surface area contributed by atoms with Crippen LogP contribution in [0.25, 0.3) is 0 Å². The number of ether oxygens (including phenoxy) is 2. The highest BCUT2D eigenvalue weighted by Gasteiger charge is 2.34. The van der Waals surface area contributed by atoms with E-state index in [9.17, 15) is 18.0 Å². The third-order valence-electron chi connectivity index (χ3n) is 6.88. The van der Waals surface area contributed by atoms with Crippen molar-refractivity contribution in [1.29, 1.82) is 0 Å². The van der Waals surface area contributed by atoms with Crippen molar-refractivity contribution in [3.8, 4) is 11.5 Å². The first-order valence-corrected chi connectivity index (χ1v) is 16.2. The highest BCUT2D eigenvalue weighted by molar-refractivity contribution is 7.92. The first-order valence-electron chi connectivity index (χ1n) is 14.0. The summed E-state index contributed by atoms with van der Waals surface area (Å²) in [5.74, 6) is 0.0525. The van der Waals surface area contributed by atoms with Crippen molar-refractivity contribution in [1.82, 2.24) is 10.2 Å². The van der Waals surface area contributed by atoms with E-state index in [0.717, 1.165) is 4.31 Å². The molecule has 0 saturated carbocycles. The molecule has 43 heavy (non-hydrogen) atoms.